The lowest BCUT2D eigenvalue weighted by molar-refractivity contribution is 0.000697. The summed E-state index contributed by atoms with van der Waals surface area (Å²) in [4.78, 5) is 4.35. The Hall–Kier alpha value is -1.20. The van der Waals surface area contributed by atoms with Gasteiger partial charge in [-0.1, -0.05) is 11.3 Å². The average Bonchev–Trinajstić information content (AvgIpc) is 2.68. The number of aromatic nitrogens is 1. The van der Waals surface area contributed by atoms with Gasteiger partial charge < -0.3 is 10.1 Å². The van der Waals surface area contributed by atoms with Crippen molar-refractivity contribution in [3.05, 3.63) is 24.0 Å². The maximum Gasteiger partial charge on any atom is 0.183 e. The van der Waals surface area contributed by atoms with E-state index in [9.17, 15) is 4.39 Å². The zero-order valence-electron chi connectivity index (χ0n) is 10.8. The highest BCUT2D eigenvalue weighted by atomic mass is 32.1. The summed E-state index contributed by atoms with van der Waals surface area (Å²) in [5.74, 6) is -0.256. The minimum atomic E-state index is -0.256. The predicted molar refractivity (Wildman–Crippen MR) is 73.8 cm³/mol. The van der Waals surface area contributed by atoms with Crippen molar-refractivity contribution in [1.29, 1.82) is 0 Å². The minimum Gasteiger partial charge on any atom is -0.374 e. The van der Waals surface area contributed by atoms with Crippen LogP contribution in [0.15, 0.2) is 18.2 Å². The number of hydrogen-bond acceptors (Lipinski definition) is 4. The second-order valence-corrected chi connectivity index (χ2v) is 5.71. The first-order valence-corrected chi connectivity index (χ1v) is 6.76. The molecule has 18 heavy (non-hydrogen) atoms. The second kappa shape index (κ2) is 5.20. The molecule has 0 bridgehead atoms. The molecule has 0 spiro atoms. The Labute approximate surface area is 110 Å². The van der Waals surface area contributed by atoms with Gasteiger partial charge >= 0.3 is 0 Å². The van der Waals surface area contributed by atoms with Gasteiger partial charge in [-0.3, -0.25) is 0 Å². The summed E-state index contributed by atoms with van der Waals surface area (Å²) in [5, 5.41) is 4.03. The molecule has 98 valence electrons. The quantitative estimate of drug-likeness (QED) is 0.898. The number of ether oxygens (including phenoxy) is 1. The molecule has 5 heteroatoms. The molecule has 1 N–H and O–H groups in total. The number of thiazole rings is 1. The largest absolute Gasteiger partial charge is 0.374 e. The fraction of sp³-hybridized carbons (Fsp3) is 0.462. The van der Waals surface area contributed by atoms with Crippen molar-refractivity contribution in [2.75, 3.05) is 18.5 Å². The van der Waals surface area contributed by atoms with Gasteiger partial charge in [-0.15, -0.1) is 0 Å². The normalized spacial score (nSPS) is 12.0. The lowest BCUT2D eigenvalue weighted by Gasteiger charge is -2.24. The van der Waals surface area contributed by atoms with E-state index in [1.165, 1.54) is 23.5 Å². The third kappa shape index (κ3) is 3.17. The van der Waals surface area contributed by atoms with Crippen LogP contribution in [0.4, 0.5) is 9.52 Å². The van der Waals surface area contributed by atoms with Crippen LogP contribution in [-0.4, -0.2) is 23.7 Å². The molecule has 0 unspecified atom stereocenters. The Morgan fingerprint density at radius 2 is 2.22 bits per heavy atom. The maximum atomic E-state index is 13.0. The molecule has 0 aliphatic carbocycles. The van der Waals surface area contributed by atoms with Crippen LogP contribution in [0.2, 0.25) is 0 Å². The highest BCUT2D eigenvalue weighted by molar-refractivity contribution is 7.22. The van der Waals surface area contributed by atoms with Crippen molar-refractivity contribution in [3.8, 4) is 0 Å². The number of rotatable bonds is 5. The summed E-state index contributed by atoms with van der Waals surface area (Å²) in [6, 6.07) is 4.65. The van der Waals surface area contributed by atoms with Crippen molar-refractivity contribution in [1.82, 2.24) is 4.98 Å². The monoisotopic (exact) mass is 268 g/mol. The van der Waals surface area contributed by atoms with Gasteiger partial charge in [0.1, 0.15) is 5.82 Å². The molecule has 0 atom stereocenters. The van der Waals surface area contributed by atoms with Crippen molar-refractivity contribution in [2.24, 2.45) is 0 Å². The number of nitrogens with one attached hydrogen (secondary N) is 1. The number of halogens is 1. The van der Waals surface area contributed by atoms with Gasteiger partial charge in [0.2, 0.25) is 0 Å². The smallest absolute Gasteiger partial charge is 0.183 e. The molecule has 0 fully saturated rings. The minimum absolute atomic E-state index is 0.238. The summed E-state index contributed by atoms with van der Waals surface area (Å²) < 4.78 is 19.6. The third-order valence-corrected chi connectivity index (χ3v) is 3.54. The molecule has 2 rings (SSSR count). The van der Waals surface area contributed by atoms with E-state index in [1.807, 2.05) is 20.8 Å². The van der Waals surface area contributed by atoms with Gasteiger partial charge in [-0.25, -0.2) is 9.37 Å². The first-order chi connectivity index (χ1) is 8.50. The highest BCUT2D eigenvalue weighted by Gasteiger charge is 2.17. The first kappa shape index (κ1) is 13.2. The van der Waals surface area contributed by atoms with Crippen LogP contribution in [0.5, 0.6) is 0 Å². The van der Waals surface area contributed by atoms with Crippen LogP contribution in [0.25, 0.3) is 10.2 Å². The van der Waals surface area contributed by atoms with Crippen molar-refractivity contribution in [3.63, 3.8) is 0 Å². The fourth-order valence-corrected chi connectivity index (χ4v) is 2.55. The molecule has 1 aromatic carbocycles. The first-order valence-electron chi connectivity index (χ1n) is 5.94. The molecular formula is C13H17FN2OS. The van der Waals surface area contributed by atoms with Gasteiger partial charge in [-0.05, 0) is 32.9 Å². The molecule has 3 nitrogen and oxygen atoms in total. The van der Waals surface area contributed by atoms with Crippen LogP contribution in [0.1, 0.15) is 20.8 Å². The van der Waals surface area contributed by atoms with E-state index >= 15 is 0 Å². The zero-order chi connectivity index (χ0) is 13.2. The van der Waals surface area contributed by atoms with Gasteiger partial charge in [0.25, 0.3) is 0 Å². The van der Waals surface area contributed by atoms with Crippen LogP contribution >= 0.6 is 11.3 Å². The summed E-state index contributed by atoms with van der Waals surface area (Å²) in [7, 11) is 0. The Morgan fingerprint density at radius 1 is 1.44 bits per heavy atom. The Morgan fingerprint density at radius 3 is 2.94 bits per heavy atom. The number of benzene rings is 1. The Kier molecular flexibility index (Phi) is 3.82. The van der Waals surface area contributed by atoms with Crippen LogP contribution < -0.4 is 5.32 Å². The number of anilines is 1. The number of fused-ring (bicyclic) bond motifs is 1. The van der Waals surface area contributed by atoms with Crippen LogP contribution in [-0.2, 0) is 4.74 Å². The zero-order valence-corrected chi connectivity index (χ0v) is 11.6. The maximum absolute atomic E-state index is 13.0. The number of hydrogen-bond donors (Lipinski definition) is 1. The van der Waals surface area contributed by atoms with E-state index < -0.39 is 0 Å². The standard InChI is InChI=1S/C13H17FN2OS/c1-4-17-13(2,3)8-15-12-16-10-7-9(14)5-6-11(10)18-12/h5-7H,4,8H2,1-3H3,(H,15,16). The van der Waals surface area contributed by atoms with Gasteiger partial charge in [0, 0.05) is 19.2 Å². The van der Waals surface area contributed by atoms with Crippen LogP contribution in [0, 0.1) is 5.82 Å². The lowest BCUT2D eigenvalue weighted by Crippen LogP contribution is -2.33. The van der Waals surface area contributed by atoms with E-state index in [0.29, 0.717) is 18.7 Å². The van der Waals surface area contributed by atoms with E-state index in [2.05, 4.69) is 10.3 Å². The fourth-order valence-electron chi connectivity index (χ4n) is 1.71. The summed E-state index contributed by atoms with van der Waals surface area (Å²) in [6.07, 6.45) is 0. The van der Waals surface area contributed by atoms with Crippen molar-refractivity contribution in [2.45, 2.75) is 26.4 Å². The van der Waals surface area contributed by atoms with Crippen LogP contribution in [0.3, 0.4) is 0 Å². The number of nitrogens with zero attached hydrogens (tertiary/aromatic N) is 1. The van der Waals surface area contributed by atoms with E-state index in [0.717, 1.165) is 9.83 Å². The molecule has 1 heterocycles. The molecule has 1 aromatic heterocycles. The third-order valence-electron chi connectivity index (χ3n) is 2.55. The van der Waals surface area contributed by atoms with E-state index in [-0.39, 0.29) is 11.4 Å². The summed E-state index contributed by atoms with van der Waals surface area (Å²) in [6.45, 7) is 7.37. The van der Waals surface area contributed by atoms with E-state index in [1.54, 1.807) is 6.07 Å². The highest BCUT2D eigenvalue weighted by Crippen LogP contribution is 2.26. The SMILES string of the molecule is CCOC(C)(C)CNc1nc2cc(F)ccc2s1. The predicted octanol–water partition coefficient (Wildman–Crippen LogP) is 3.66. The molecule has 0 amide bonds. The van der Waals surface area contributed by atoms with Gasteiger partial charge in [-0.2, -0.15) is 0 Å². The summed E-state index contributed by atoms with van der Waals surface area (Å²) >= 11 is 1.52. The molecule has 0 radical (unpaired) electrons. The molecule has 0 saturated heterocycles. The molecule has 0 aliphatic rings. The van der Waals surface area contributed by atoms with Gasteiger partial charge in [0.05, 0.1) is 15.8 Å². The second-order valence-electron chi connectivity index (χ2n) is 4.68. The molecule has 0 aliphatic heterocycles. The molecule has 0 saturated carbocycles. The Bertz CT molecular complexity index is 539. The topological polar surface area (TPSA) is 34.1 Å². The summed E-state index contributed by atoms with van der Waals surface area (Å²) in [5.41, 5.74) is 0.453. The molecular weight excluding hydrogens is 251 g/mol. The molecule has 2 aromatic rings. The van der Waals surface area contributed by atoms with E-state index in [4.69, 9.17) is 4.74 Å². The average molecular weight is 268 g/mol. The van der Waals surface area contributed by atoms with Crippen molar-refractivity contribution >= 4 is 26.7 Å². The van der Waals surface area contributed by atoms with Crippen molar-refractivity contribution < 1.29 is 9.13 Å². The Balaban J connectivity index is 2.08. The van der Waals surface area contributed by atoms with Gasteiger partial charge in [0.15, 0.2) is 5.13 Å². The lowest BCUT2D eigenvalue weighted by atomic mass is 10.1.